The van der Waals surface area contributed by atoms with Crippen LogP contribution in [0.3, 0.4) is 0 Å². The lowest BCUT2D eigenvalue weighted by Crippen LogP contribution is -2.33. The summed E-state index contributed by atoms with van der Waals surface area (Å²) in [5, 5.41) is 3.77. The van der Waals surface area contributed by atoms with Crippen LogP contribution in [0, 0.1) is 11.6 Å². The molecule has 0 fully saturated rings. The summed E-state index contributed by atoms with van der Waals surface area (Å²) < 4.78 is 64.1. The predicted octanol–water partition coefficient (Wildman–Crippen LogP) is 4.01. The van der Waals surface area contributed by atoms with Crippen LogP contribution in [0.4, 0.5) is 27.6 Å². The minimum Gasteiger partial charge on any atom is -0.343 e. The lowest BCUT2D eigenvalue weighted by atomic mass is 10.2. The molecule has 0 saturated carbocycles. The van der Waals surface area contributed by atoms with Gasteiger partial charge in [0.05, 0.1) is 17.1 Å². The second-order valence-corrected chi connectivity index (χ2v) is 5.46. The van der Waals surface area contributed by atoms with E-state index in [0.29, 0.717) is 12.1 Å². The van der Waals surface area contributed by atoms with Gasteiger partial charge in [0.2, 0.25) is 5.91 Å². The van der Waals surface area contributed by atoms with Crippen LogP contribution in [0.1, 0.15) is 15.9 Å². The number of alkyl halides is 3. The van der Waals surface area contributed by atoms with Crippen molar-refractivity contribution in [2.45, 2.75) is 6.18 Å². The summed E-state index contributed by atoms with van der Waals surface area (Å²) in [5.74, 6) is -4.05. The number of nitrogens with one attached hydrogen (secondary N) is 2. The Morgan fingerprint density at radius 3 is 2.31 bits per heavy atom. The van der Waals surface area contributed by atoms with Crippen LogP contribution >= 0.6 is 11.6 Å². The number of amides is 2. The third-order valence-electron chi connectivity index (χ3n) is 3.15. The zero-order valence-electron chi connectivity index (χ0n) is 12.8. The molecule has 0 unspecified atom stereocenters. The van der Waals surface area contributed by atoms with E-state index in [1.54, 1.807) is 0 Å². The number of anilines is 1. The highest BCUT2D eigenvalue weighted by molar-refractivity contribution is 6.31. The molecule has 0 aromatic heterocycles. The molecule has 0 aliphatic rings. The van der Waals surface area contributed by atoms with Crippen molar-refractivity contribution in [2.75, 3.05) is 11.9 Å². The van der Waals surface area contributed by atoms with Crippen LogP contribution in [0.15, 0.2) is 36.4 Å². The van der Waals surface area contributed by atoms with Gasteiger partial charge in [0, 0.05) is 11.3 Å². The molecular formula is C16H10ClF5N2O2. The van der Waals surface area contributed by atoms with E-state index in [1.807, 2.05) is 0 Å². The summed E-state index contributed by atoms with van der Waals surface area (Å²) in [6, 6.07) is 5.19. The third kappa shape index (κ3) is 4.92. The van der Waals surface area contributed by atoms with Crippen molar-refractivity contribution < 1.29 is 31.5 Å². The van der Waals surface area contributed by atoms with E-state index in [4.69, 9.17) is 11.6 Å². The topological polar surface area (TPSA) is 58.2 Å². The van der Waals surface area contributed by atoms with Gasteiger partial charge in [-0.15, -0.1) is 0 Å². The number of benzene rings is 2. The van der Waals surface area contributed by atoms with Crippen molar-refractivity contribution in [1.29, 1.82) is 0 Å². The number of halogens is 6. The normalized spacial score (nSPS) is 11.2. The van der Waals surface area contributed by atoms with Crippen LogP contribution in [-0.4, -0.2) is 18.4 Å². The minimum atomic E-state index is -4.70. The maximum atomic E-state index is 13.1. The SMILES string of the molecule is O=C(CNC(=O)c1ccc(F)c(F)c1)Nc1ccc(Cl)c(C(F)(F)F)c1. The molecule has 0 aliphatic heterocycles. The van der Waals surface area contributed by atoms with Crippen molar-refractivity contribution in [3.8, 4) is 0 Å². The van der Waals surface area contributed by atoms with Gasteiger partial charge in [0.1, 0.15) is 0 Å². The van der Waals surface area contributed by atoms with Gasteiger partial charge < -0.3 is 10.6 Å². The molecule has 0 radical (unpaired) electrons. The van der Waals surface area contributed by atoms with Crippen LogP contribution < -0.4 is 10.6 Å². The number of carbonyl (C=O) groups excluding carboxylic acids is 2. The average Bonchev–Trinajstić information content (AvgIpc) is 2.56. The monoisotopic (exact) mass is 392 g/mol. The molecule has 4 nitrogen and oxygen atoms in total. The first-order chi connectivity index (χ1) is 12.1. The highest BCUT2D eigenvalue weighted by Crippen LogP contribution is 2.36. The van der Waals surface area contributed by atoms with Crippen LogP contribution in [0.25, 0.3) is 0 Å². The van der Waals surface area contributed by atoms with Crippen molar-refractivity contribution in [3.05, 3.63) is 64.2 Å². The fourth-order valence-electron chi connectivity index (χ4n) is 1.93. The molecule has 2 aromatic rings. The van der Waals surface area contributed by atoms with Crippen molar-refractivity contribution in [1.82, 2.24) is 5.32 Å². The van der Waals surface area contributed by atoms with E-state index < -0.39 is 46.8 Å². The molecule has 138 valence electrons. The van der Waals surface area contributed by atoms with Gasteiger partial charge in [-0.1, -0.05) is 11.6 Å². The quantitative estimate of drug-likeness (QED) is 0.773. The van der Waals surface area contributed by atoms with E-state index in [0.717, 1.165) is 24.3 Å². The van der Waals surface area contributed by atoms with E-state index in [2.05, 4.69) is 10.6 Å². The fraction of sp³-hybridized carbons (Fsp3) is 0.125. The summed E-state index contributed by atoms with van der Waals surface area (Å²) in [6.07, 6.45) is -4.70. The fourth-order valence-corrected chi connectivity index (χ4v) is 2.15. The zero-order valence-corrected chi connectivity index (χ0v) is 13.5. The molecular weight excluding hydrogens is 383 g/mol. The maximum Gasteiger partial charge on any atom is 0.417 e. The van der Waals surface area contributed by atoms with Gasteiger partial charge in [0.15, 0.2) is 11.6 Å². The number of carbonyl (C=O) groups is 2. The average molecular weight is 393 g/mol. The molecule has 0 aliphatic carbocycles. The standard InChI is InChI=1S/C16H10ClF5N2O2/c17-11-3-2-9(6-10(11)16(20,21)22)24-14(25)7-23-15(26)8-1-4-12(18)13(19)5-8/h1-6H,7H2,(H,23,26)(H,24,25). The van der Waals surface area contributed by atoms with E-state index in [1.165, 1.54) is 0 Å². The first kappa shape index (κ1) is 19.6. The molecule has 2 rings (SSSR count). The molecule has 0 saturated heterocycles. The van der Waals surface area contributed by atoms with Gasteiger partial charge >= 0.3 is 6.18 Å². The molecule has 0 heterocycles. The molecule has 2 aromatic carbocycles. The summed E-state index contributed by atoms with van der Waals surface area (Å²) >= 11 is 5.46. The van der Waals surface area contributed by atoms with Gasteiger partial charge in [0.25, 0.3) is 5.91 Å². The molecule has 0 bridgehead atoms. The van der Waals surface area contributed by atoms with Gasteiger partial charge in [-0.05, 0) is 36.4 Å². The summed E-state index contributed by atoms with van der Waals surface area (Å²) in [6.45, 7) is -0.595. The number of rotatable bonds is 4. The zero-order chi connectivity index (χ0) is 19.5. The Balaban J connectivity index is 1.99. The van der Waals surface area contributed by atoms with Crippen molar-refractivity contribution in [2.24, 2.45) is 0 Å². The Hall–Kier alpha value is -2.68. The highest BCUT2D eigenvalue weighted by Gasteiger charge is 2.33. The second-order valence-electron chi connectivity index (χ2n) is 5.05. The summed E-state index contributed by atoms with van der Waals surface area (Å²) in [5.41, 5.74) is -1.51. The highest BCUT2D eigenvalue weighted by atomic mass is 35.5. The number of hydrogen-bond donors (Lipinski definition) is 2. The third-order valence-corrected chi connectivity index (χ3v) is 3.48. The Labute approximate surface area is 149 Å². The Morgan fingerprint density at radius 2 is 1.69 bits per heavy atom. The summed E-state index contributed by atoms with van der Waals surface area (Å²) in [7, 11) is 0. The second kappa shape index (κ2) is 7.69. The molecule has 0 atom stereocenters. The van der Waals surface area contributed by atoms with E-state index >= 15 is 0 Å². The van der Waals surface area contributed by atoms with Gasteiger partial charge in [-0.25, -0.2) is 8.78 Å². The lowest BCUT2D eigenvalue weighted by molar-refractivity contribution is -0.137. The van der Waals surface area contributed by atoms with Crippen molar-refractivity contribution >= 4 is 29.1 Å². The molecule has 2 N–H and O–H groups in total. The predicted molar refractivity (Wildman–Crippen MR) is 83.8 cm³/mol. The van der Waals surface area contributed by atoms with E-state index in [9.17, 15) is 31.5 Å². The molecule has 26 heavy (non-hydrogen) atoms. The maximum absolute atomic E-state index is 13.1. The Kier molecular flexibility index (Phi) is 5.81. The largest absolute Gasteiger partial charge is 0.417 e. The number of hydrogen-bond acceptors (Lipinski definition) is 2. The smallest absolute Gasteiger partial charge is 0.343 e. The lowest BCUT2D eigenvalue weighted by Gasteiger charge is -2.12. The first-order valence-electron chi connectivity index (χ1n) is 6.98. The van der Waals surface area contributed by atoms with E-state index in [-0.39, 0.29) is 11.3 Å². The van der Waals surface area contributed by atoms with Crippen LogP contribution in [0.5, 0.6) is 0 Å². The first-order valence-corrected chi connectivity index (χ1v) is 7.35. The van der Waals surface area contributed by atoms with Crippen molar-refractivity contribution in [3.63, 3.8) is 0 Å². The Morgan fingerprint density at radius 1 is 1.00 bits per heavy atom. The minimum absolute atomic E-state index is 0.172. The Bertz CT molecular complexity index is 855. The van der Waals surface area contributed by atoms with Crippen LogP contribution in [-0.2, 0) is 11.0 Å². The van der Waals surface area contributed by atoms with Crippen LogP contribution in [0.2, 0.25) is 5.02 Å². The van der Waals surface area contributed by atoms with Gasteiger partial charge in [-0.2, -0.15) is 13.2 Å². The van der Waals surface area contributed by atoms with Gasteiger partial charge in [-0.3, -0.25) is 9.59 Å². The molecule has 0 spiro atoms. The summed E-state index contributed by atoms with van der Waals surface area (Å²) in [4.78, 5) is 23.5. The molecule has 2 amide bonds. The molecule has 10 heteroatoms.